The van der Waals surface area contributed by atoms with Gasteiger partial charge in [-0.15, -0.1) is 0 Å². The number of hydrogen-bond donors (Lipinski definition) is 0. The van der Waals surface area contributed by atoms with E-state index >= 15 is 0 Å². The second-order valence-electron chi connectivity index (χ2n) is 4.30. The predicted octanol–water partition coefficient (Wildman–Crippen LogP) is 4.17. The molecule has 2 nitrogen and oxygen atoms in total. The van der Waals surface area contributed by atoms with Crippen molar-refractivity contribution in [1.82, 2.24) is 4.48 Å². The molecule has 1 aromatic carbocycles. The molecule has 0 aliphatic carbocycles. The fourth-order valence-corrected chi connectivity index (χ4v) is 2.41. The summed E-state index contributed by atoms with van der Waals surface area (Å²) in [5.41, 5.74) is 1.41. The zero-order valence-electron chi connectivity index (χ0n) is 11.3. The SMILES string of the molecule is CC=C[N+](CCC)(CCC)c1ccccc1.[OH-]. The Labute approximate surface area is 105 Å². The van der Waals surface area contributed by atoms with Crippen molar-refractivity contribution in [3.63, 3.8) is 0 Å². The minimum atomic E-state index is 0. The molecule has 17 heavy (non-hydrogen) atoms. The van der Waals surface area contributed by atoms with Gasteiger partial charge in [-0.2, -0.15) is 0 Å². The third-order valence-electron chi connectivity index (χ3n) is 2.95. The summed E-state index contributed by atoms with van der Waals surface area (Å²) in [5, 5.41) is 0. The van der Waals surface area contributed by atoms with Crippen LogP contribution in [0.2, 0.25) is 0 Å². The van der Waals surface area contributed by atoms with E-state index in [2.05, 4.69) is 63.4 Å². The molecule has 1 N–H and O–H groups in total. The van der Waals surface area contributed by atoms with E-state index in [1.54, 1.807) is 0 Å². The van der Waals surface area contributed by atoms with Crippen molar-refractivity contribution in [1.29, 1.82) is 0 Å². The fourth-order valence-electron chi connectivity index (χ4n) is 2.41. The smallest absolute Gasteiger partial charge is 0.137 e. The average molecular weight is 235 g/mol. The van der Waals surface area contributed by atoms with Crippen molar-refractivity contribution >= 4 is 5.69 Å². The highest BCUT2D eigenvalue weighted by atomic mass is 16.0. The number of quaternary nitrogens is 1. The van der Waals surface area contributed by atoms with E-state index < -0.39 is 0 Å². The number of allylic oxidation sites excluding steroid dienone is 1. The van der Waals surface area contributed by atoms with Crippen LogP contribution in [0.4, 0.5) is 5.69 Å². The molecule has 2 heteroatoms. The Morgan fingerprint density at radius 2 is 1.53 bits per heavy atom. The van der Waals surface area contributed by atoms with Crippen molar-refractivity contribution in [3.05, 3.63) is 42.6 Å². The van der Waals surface area contributed by atoms with Gasteiger partial charge in [0, 0.05) is 0 Å². The molecule has 0 amide bonds. The molecule has 0 saturated carbocycles. The molecule has 0 bridgehead atoms. The quantitative estimate of drug-likeness (QED) is 0.680. The fraction of sp³-hybridized carbons (Fsp3) is 0.467. The van der Waals surface area contributed by atoms with Crippen molar-refractivity contribution < 1.29 is 5.48 Å². The van der Waals surface area contributed by atoms with Gasteiger partial charge in [0.15, 0.2) is 0 Å². The van der Waals surface area contributed by atoms with Gasteiger partial charge in [0.2, 0.25) is 0 Å². The molecule has 0 radical (unpaired) electrons. The first kappa shape index (κ1) is 15.9. The lowest BCUT2D eigenvalue weighted by Crippen LogP contribution is -2.45. The van der Waals surface area contributed by atoms with Gasteiger partial charge >= 0.3 is 0 Å². The number of hydrogen-bond acceptors (Lipinski definition) is 1. The van der Waals surface area contributed by atoms with Gasteiger partial charge in [-0.3, -0.25) is 4.48 Å². The van der Waals surface area contributed by atoms with Gasteiger partial charge in [-0.1, -0.05) is 32.0 Å². The topological polar surface area (TPSA) is 30.0 Å². The Bertz CT molecular complexity index is 313. The van der Waals surface area contributed by atoms with Crippen LogP contribution < -0.4 is 4.48 Å². The van der Waals surface area contributed by atoms with Gasteiger partial charge < -0.3 is 5.48 Å². The Morgan fingerprint density at radius 1 is 1.00 bits per heavy atom. The maximum Gasteiger partial charge on any atom is 0.137 e. The van der Waals surface area contributed by atoms with Crippen LogP contribution in [0.25, 0.3) is 0 Å². The molecule has 0 fully saturated rings. The summed E-state index contributed by atoms with van der Waals surface area (Å²) in [7, 11) is 0. The molecule has 96 valence electrons. The Morgan fingerprint density at radius 3 is 1.94 bits per heavy atom. The van der Waals surface area contributed by atoms with Crippen molar-refractivity contribution in [3.8, 4) is 0 Å². The molecular formula is C15H25NO. The van der Waals surface area contributed by atoms with E-state index in [9.17, 15) is 0 Å². The maximum absolute atomic E-state index is 2.34. The van der Waals surface area contributed by atoms with Crippen LogP contribution in [0.1, 0.15) is 33.6 Å². The molecule has 0 unspecified atom stereocenters. The highest BCUT2D eigenvalue weighted by Crippen LogP contribution is 2.24. The Balaban J connectivity index is 0.00000256. The highest BCUT2D eigenvalue weighted by Gasteiger charge is 2.25. The van der Waals surface area contributed by atoms with Gasteiger partial charge in [0.25, 0.3) is 0 Å². The molecular weight excluding hydrogens is 210 g/mol. The molecule has 0 aliphatic heterocycles. The summed E-state index contributed by atoms with van der Waals surface area (Å²) in [4.78, 5) is 0. The zero-order chi connectivity index (χ0) is 11.9. The first-order valence-corrected chi connectivity index (χ1v) is 6.35. The normalized spacial score (nSPS) is 11.5. The van der Waals surface area contributed by atoms with Gasteiger partial charge in [-0.05, 0) is 38.0 Å². The largest absolute Gasteiger partial charge is 0.870 e. The minimum Gasteiger partial charge on any atom is -0.870 e. The number of nitrogens with zero attached hydrogens (tertiary/aromatic N) is 1. The van der Waals surface area contributed by atoms with Gasteiger partial charge in [-0.25, -0.2) is 0 Å². The lowest BCUT2D eigenvalue weighted by molar-refractivity contribution is 0.367. The Kier molecular flexibility index (Phi) is 7.51. The molecule has 0 heterocycles. The summed E-state index contributed by atoms with van der Waals surface area (Å²) < 4.78 is 0.990. The molecule has 1 rings (SSSR count). The van der Waals surface area contributed by atoms with Crippen LogP contribution in [0.15, 0.2) is 42.6 Å². The predicted molar refractivity (Wildman–Crippen MR) is 75.3 cm³/mol. The first-order valence-electron chi connectivity index (χ1n) is 6.35. The van der Waals surface area contributed by atoms with Crippen LogP contribution >= 0.6 is 0 Å². The number of rotatable bonds is 6. The first-order chi connectivity index (χ1) is 7.79. The van der Waals surface area contributed by atoms with Crippen molar-refractivity contribution in [2.45, 2.75) is 33.6 Å². The molecule has 1 aromatic rings. The molecule has 0 aliphatic rings. The van der Waals surface area contributed by atoms with E-state index in [0.29, 0.717) is 0 Å². The third kappa shape index (κ3) is 3.99. The van der Waals surface area contributed by atoms with E-state index in [-0.39, 0.29) is 5.48 Å². The number of para-hydroxylation sites is 1. The molecule has 0 spiro atoms. The van der Waals surface area contributed by atoms with E-state index in [1.165, 1.54) is 31.6 Å². The lowest BCUT2D eigenvalue weighted by Gasteiger charge is -2.34. The standard InChI is InChI=1S/C15H24N.H2O/c1-4-12-16(13-5-2,14-6-3)15-10-8-7-9-11-15;/h4,7-12H,5-6,13-14H2,1-3H3;1H2/q+1;/p-1. The highest BCUT2D eigenvalue weighted by molar-refractivity contribution is 5.44. The van der Waals surface area contributed by atoms with Crippen LogP contribution in [-0.2, 0) is 0 Å². The lowest BCUT2D eigenvalue weighted by atomic mass is 10.2. The van der Waals surface area contributed by atoms with Crippen molar-refractivity contribution in [2.24, 2.45) is 0 Å². The second kappa shape index (κ2) is 8.04. The molecule has 0 aromatic heterocycles. The summed E-state index contributed by atoms with van der Waals surface area (Å²) in [5.74, 6) is 0. The van der Waals surface area contributed by atoms with E-state index in [0.717, 1.165) is 4.48 Å². The van der Waals surface area contributed by atoms with Crippen molar-refractivity contribution in [2.75, 3.05) is 13.1 Å². The Hall–Kier alpha value is -1.12. The van der Waals surface area contributed by atoms with Crippen LogP contribution in [-0.4, -0.2) is 18.6 Å². The van der Waals surface area contributed by atoms with E-state index in [4.69, 9.17) is 0 Å². The van der Waals surface area contributed by atoms with Gasteiger partial charge in [0.1, 0.15) is 5.69 Å². The second-order valence-corrected chi connectivity index (χ2v) is 4.30. The summed E-state index contributed by atoms with van der Waals surface area (Å²) in [6.45, 7) is 9.00. The van der Waals surface area contributed by atoms with E-state index in [1.807, 2.05) is 0 Å². The molecule has 0 saturated heterocycles. The molecule has 0 atom stereocenters. The van der Waals surface area contributed by atoms with Crippen LogP contribution in [0.3, 0.4) is 0 Å². The average Bonchev–Trinajstić information content (AvgIpc) is 2.31. The number of benzene rings is 1. The van der Waals surface area contributed by atoms with Gasteiger partial charge in [0.05, 0.1) is 19.3 Å². The maximum atomic E-state index is 2.34. The zero-order valence-corrected chi connectivity index (χ0v) is 11.3. The summed E-state index contributed by atoms with van der Waals surface area (Å²) in [6, 6.07) is 10.8. The van der Waals surface area contributed by atoms with Crippen LogP contribution in [0.5, 0.6) is 0 Å². The summed E-state index contributed by atoms with van der Waals surface area (Å²) >= 11 is 0. The monoisotopic (exact) mass is 235 g/mol. The third-order valence-corrected chi connectivity index (χ3v) is 2.95. The minimum absolute atomic E-state index is 0. The van der Waals surface area contributed by atoms with Crippen LogP contribution in [0, 0.1) is 0 Å². The summed E-state index contributed by atoms with van der Waals surface area (Å²) in [6.07, 6.45) is 6.93.